The van der Waals surface area contributed by atoms with E-state index in [1.165, 1.54) is 12.3 Å². The Bertz CT molecular complexity index is 452. The summed E-state index contributed by atoms with van der Waals surface area (Å²) in [4.78, 5) is 25.7. The number of hydrazine groups is 1. The molecule has 0 aliphatic rings. The van der Waals surface area contributed by atoms with E-state index in [1.807, 2.05) is 5.43 Å². The number of primary amides is 1. The lowest BCUT2D eigenvalue weighted by atomic mass is 10.2. The number of rotatable bonds is 6. The van der Waals surface area contributed by atoms with E-state index in [1.54, 1.807) is 0 Å². The molecule has 1 rings (SSSR count). The number of carbonyl (C=O) groups excluding carboxylic acids is 2. The zero-order chi connectivity index (χ0) is 13.5. The summed E-state index contributed by atoms with van der Waals surface area (Å²) >= 11 is 0. The SMILES string of the molecule is NNc1nccc(C(=O)NCCCC(N)=O)c1F. The monoisotopic (exact) mass is 255 g/mol. The van der Waals surface area contributed by atoms with Gasteiger partial charge >= 0.3 is 0 Å². The molecule has 0 aromatic carbocycles. The predicted molar refractivity (Wildman–Crippen MR) is 62.8 cm³/mol. The molecule has 0 atom stereocenters. The van der Waals surface area contributed by atoms with E-state index in [0.717, 1.165) is 0 Å². The van der Waals surface area contributed by atoms with Crippen LogP contribution in [0.3, 0.4) is 0 Å². The standard InChI is InChI=1S/C10H14FN5O2/c11-8-6(3-5-14-9(8)16-13)10(18)15-4-1-2-7(12)17/h3,5H,1-2,4,13H2,(H2,12,17)(H,14,16)(H,15,18). The number of hydrogen-bond donors (Lipinski definition) is 4. The Hall–Kier alpha value is -2.22. The van der Waals surface area contributed by atoms with Crippen molar-refractivity contribution in [3.63, 3.8) is 0 Å². The Morgan fingerprint density at radius 1 is 1.44 bits per heavy atom. The summed E-state index contributed by atoms with van der Waals surface area (Å²) in [7, 11) is 0. The van der Waals surface area contributed by atoms with Crippen LogP contribution in [-0.4, -0.2) is 23.3 Å². The molecule has 0 radical (unpaired) electrons. The number of anilines is 1. The van der Waals surface area contributed by atoms with Crippen LogP contribution in [0.1, 0.15) is 23.2 Å². The van der Waals surface area contributed by atoms with E-state index in [0.29, 0.717) is 6.42 Å². The van der Waals surface area contributed by atoms with Gasteiger partial charge in [-0.15, -0.1) is 0 Å². The Morgan fingerprint density at radius 2 is 2.17 bits per heavy atom. The van der Waals surface area contributed by atoms with E-state index < -0.39 is 17.6 Å². The van der Waals surface area contributed by atoms with Crippen LogP contribution in [0.5, 0.6) is 0 Å². The van der Waals surface area contributed by atoms with Gasteiger partial charge in [-0.25, -0.2) is 15.2 Å². The third-order valence-corrected chi connectivity index (χ3v) is 2.16. The molecule has 1 aromatic heterocycles. The number of nitrogens with one attached hydrogen (secondary N) is 2. The van der Waals surface area contributed by atoms with Crippen molar-refractivity contribution in [3.8, 4) is 0 Å². The average Bonchev–Trinajstić information content (AvgIpc) is 2.34. The fourth-order valence-electron chi connectivity index (χ4n) is 1.28. The molecule has 0 saturated carbocycles. The topological polar surface area (TPSA) is 123 Å². The fraction of sp³-hybridized carbons (Fsp3) is 0.300. The fourth-order valence-corrected chi connectivity index (χ4v) is 1.28. The van der Waals surface area contributed by atoms with Gasteiger partial charge in [-0.1, -0.05) is 0 Å². The van der Waals surface area contributed by atoms with E-state index >= 15 is 0 Å². The van der Waals surface area contributed by atoms with Crippen LogP contribution >= 0.6 is 0 Å². The molecule has 2 amide bonds. The van der Waals surface area contributed by atoms with Crippen LogP contribution in [0.4, 0.5) is 10.2 Å². The van der Waals surface area contributed by atoms with Crippen LogP contribution in [0.2, 0.25) is 0 Å². The van der Waals surface area contributed by atoms with Crippen molar-refractivity contribution in [2.75, 3.05) is 12.0 Å². The van der Waals surface area contributed by atoms with Crippen molar-refractivity contribution in [3.05, 3.63) is 23.6 Å². The summed E-state index contributed by atoms with van der Waals surface area (Å²) in [6, 6.07) is 1.24. The summed E-state index contributed by atoms with van der Waals surface area (Å²) in [5, 5.41) is 2.46. The van der Waals surface area contributed by atoms with E-state index in [4.69, 9.17) is 11.6 Å². The molecule has 0 aliphatic heterocycles. The molecular formula is C10H14FN5O2. The molecule has 0 bridgehead atoms. The molecule has 1 heterocycles. The highest BCUT2D eigenvalue weighted by atomic mass is 19.1. The molecule has 18 heavy (non-hydrogen) atoms. The summed E-state index contributed by atoms with van der Waals surface area (Å²) in [5.74, 6) is 2.95. The molecule has 0 fully saturated rings. The Labute approximate surface area is 103 Å². The van der Waals surface area contributed by atoms with Crippen LogP contribution < -0.4 is 22.3 Å². The van der Waals surface area contributed by atoms with Gasteiger partial charge in [0.15, 0.2) is 11.6 Å². The molecule has 8 heteroatoms. The van der Waals surface area contributed by atoms with Gasteiger partial charge < -0.3 is 16.5 Å². The number of amides is 2. The second-order valence-corrected chi connectivity index (χ2v) is 3.49. The maximum Gasteiger partial charge on any atom is 0.254 e. The highest BCUT2D eigenvalue weighted by molar-refractivity contribution is 5.95. The normalized spacial score (nSPS) is 9.89. The van der Waals surface area contributed by atoms with Crippen molar-refractivity contribution >= 4 is 17.6 Å². The van der Waals surface area contributed by atoms with Crippen LogP contribution in [0.15, 0.2) is 12.3 Å². The molecule has 7 nitrogen and oxygen atoms in total. The van der Waals surface area contributed by atoms with Gasteiger partial charge in [0, 0.05) is 19.2 Å². The van der Waals surface area contributed by atoms with Crippen molar-refractivity contribution in [2.45, 2.75) is 12.8 Å². The minimum absolute atomic E-state index is 0.161. The summed E-state index contributed by atoms with van der Waals surface area (Å²) < 4.78 is 13.6. The van der Waals surface area contributed by atoms with Gasteiger partial charge in [0.1, 0.15) is 0 Å². The smallest absolute Gasteiger partial charge is 0.254 e. The second-order valence-electron chi connectivity index (χ2n) is 3.49. The van der Waals surface area contributed by atoms with Crippen molar-refractivity contribution in [1.82, 2.24) is 10.3 Å². The minimum atomic E-state index is -0.826. The second kappa shape index (κ2) is 6.50. The number of halogens is 1. The highest BCUT2D eigenvalue weighted by Gasteiger charge is 2.14. The van der Waals surface area contributed by atoms with Gasteiger partial charge in [-0.05, 0) is 12.5 Å². The maximum absolute atomic E-state index is 13.6. The number of pyridine rings is 1. The zero-order valence-corrected chi connectivity index (χ0v) is 9.57. The largest absolute Gasteiger partial charge is 0.370 e. The summed E-state index contributed by atoms with van der Waals surface area (Å²) in [5.41, 5.74) is 6.82. The van der Waals surface area contributed by atoms with Gasteiger partial charge in [0.2, 0.25) is 5.91 Å². The first kappa shape index (κ1) is 13.8. The first-order chi connectivity index (χ1) is 8.56. The predicted octanol–water partition coefficient (Wildman–Crippen LogP) is -0.498. The number of nitrogens with zero attached hydrogens (tertiary/aromatic N) is 1. The molecule has 0 aliphatic carbocycles. The number of carbonyl (C=O) groups is 2. The lowest BCUT2D eigenvalue weighted by molar-refractivity contribution is -0.118. The van der Waals surface area contributed by atoms with E-state index in [9.17, 15) is 14.0 Å². The highest BCUT2D eigenvalue weighted by Crippen LogP contribution is 2.13. The molecular weight excluding hydrogens is 241 g/mol. The lowest BCUT2D eigenvalue weighted by Crippen LogP contribution is -2.27. The van der Waals surface area contributed by atoms with Gasteiger partial charge in [0.25, 0.3) is 5.91 Å². The first-order valence-electron chi connectivity index (χ1n) is 5.24. The minimum Gasteiger partial charge on any atom is -0.370 e. The zero-order valence-electron chi connectivity index (χ0n) is 9.57. The molecule has 0 unspecified atom stereocenters. The lowest BCUT2D eigenvalue weighted by Gasteiger charge is -2.07. The third kappa shape index (κ3) is 3.67. The van der Waals surface area contributed by atoms with Gasteiger partial charge in [-0.3, -0.25) is 9.59 Å². The van der Waals surface area contributed by atoms with Gasteiger partial charge in [-0.2, -0.15) is 0 Å². The summed E-state index contributed by atoms with van der Waals surface area (Å²) in [6.45, 7) is 0.231. The number of nitrogen functional groups attached to an aromatic ring is 1. The number of aromatic nitrogens is 1. The first-order valence-corrected chi connectivity index (χ1v) is 5.24. The van der Waals surface area contributed by atoms with E-state index in [-0.39, 0.29) is 24.3 Å². The van der Waals surface area contributed by atoms with Gasteiger partial charge in [0.05, 0.1) is 5.56 Å². The van der Waals surface area contributed by atoms with Crippen molar-refractivity contribution < 1.29 is 14.0 Å². The molecule has 1 aromatic rings. The van der Waals surface area contributed by atoms with E-state index in [2.05, 4.69) is 10.3 Å². The Balaban J connectivity index is 2.59. The quantitative estimate of drug-likeness (QED) is 0.310. The molecule has 98 valence electrons. The average molecular weight is 255 g/mol. The van der Waals surface area contributed by atoms with Crippen molar-refractivity contribution in [1.29, 1.82) is 0 Å². The third-order valence-electron chi connectivity index (χ3n) is 2.16. The molecule has 0 saturated heterocycles. The number of nitrogens with two attached hydrogens (primary N) is 2. The number of hydrogen-bond acceptors (Lipinski definition) is 5. The van der Waals surface area contributed by atoms with Crippen LogP contribution in [0.25, 0.3) is 0 Å². The molecule has 0 spiro atoms. The Morgan fingerprint density at radius 3 is 2.78 bits per heavy atom. The maximum atomic E-state index is 13.6. The van der Waals surface area contributed by atoms with Crippen LogP contribution in [-0.2, 0) is 4.79 Å². The van der Waals surface area contributed by atoms with Crippen LogP contribution in [0, 0.1) is 5.82 Å². The van der Waals surface area contributed by atoms with Crippen molar-refractivity contribution in [2.24, 2.45) is 11.6 Å². The molecule has 6 N–H and O–H groups in total. The summed E-state index contributed by atoms with van der Waals surface area (Å²) in [6.07, 6.45) is 1.82. The Kier molecular flexibility index (Phi) is 5.00.